The van der Waals surface area contributed by atoms with Gasteiger partial charge in [-0.1, -0.05) is 0 Å². The van der Waals surface area contributed by atoms with Gasteiger partial charge in [0.05, 0.1) is 18.2 Å². The van der Waals surface area contributed by atoms with Gasteiger partial charge >= 0.3 is 6.09 Å². The number of alkyl halides is 2. The van der Waals surface area contributed by atoms with Crippen LogP contribution in [0.4, 0.5) is 19.4 Å². The number of anilines is 1. The van der Waals surface area contributed by atoms with Crippen molar-refractivity contribution >= 4 is 11.9 Å². The number of hydrogen-bond donors (Lipinski definition) is 0. The van der Waals surface area contributed by atoms with Gasteiger partial charge in [0.1, 0.15) is 12.2 Å². The topological polar surface area (TPSA) is 51.7 Å². The minimum absolute atomic E-state index is 0.202. The van der Waals surface area contributed by atoms with Crippen LogP contribution in [0, 0.1) is 0 Å². The third-order valence-electron chi connectivity index (χ3n) is 3.49. The Hall–Kier alpha value is -1.92. The van der Waals surface area contributed by atoms with Crippen LogP contribution in [0.5, 0.6) is 5.75 Å². The van der Waals surface area contributed by atoms with Crippen molar-refractivity contribution in [2.75, 3.05) is 18.1 Å². The molecule has 2 heterocycles. The van der Waals surface area contributed by atoms with E-state index in [1.807, 2.05) is 0 Å². The number of pyridine rings is 1. The summed E-state index contributed by atoms with van der Waals surface area (Å²) in [6, 6.07) is 3.12. The molecule has 1 atom stereocenters. The molecule has 1 aromatic rings. The van der Waals surface area contributed by atoms with Crippen LogP contribution in [-0.4, -0.2) is 35.8 Å². The Bertz CT molecular complexity index is 613. The van der Waals surface area contributed by atoms with Gasteiger partial charge in [-0.2, -0.15) is 0 Å². The van der Waals surface area contributed by atoms with Crippen LogP contribution in [0.15, 0.2) is 12.1 Å². The summed E-state index contributed by atoms with van der Waals surface area (Å²) >= 11 is 0. The molecular weight excluding hydrogens is 294 g/mol. The van der Waals surface area contributed by atoms with Crippen molar-refractivity contribution in [3.8, 4) is 5.75 Å². The van der Waals surface area contributed by atoms with Gasteiger partial charge in [0.25, 0.3) is 5.92 Å². The molecule has 5 nitrogen and oxygen atoms in total. The Morgan fingerprint density at radius 1 is 1.45 bits per heavy atom. The summed E-state index contributed by atoms with van der Waals surface area (Å²) < 4.78 is 37.2. The highest BCUT2D eigenvalue weighted by atomic mass is 19.3. The van der Waals surface area contributed by atoms with Crippen LogP contribution >= 0.6 is 0 Å². The average Bonchev–Trinajstić information content (AvgIpc) is 3.04. The SMILES string of the molecule is CC(C)(C)OC(=O)N1CCOc2ccc(C3CC3(F)F)nc21. The fourth-order valence-corrected chi connectivity index (χ4v) is 2.33. The molecule has 0 N–H and O–H groups in total. The van der Waals surface area contributed by atoms with Gasteiger partial charge in [0.15, 0.2) is 11.6 Å². The van der Waals surface area contributed by atoms with Crippen molar-refractivity contribution in [3.63, 3.8) is 0 Å². The molecule has 120 valence electrons. The average molecular weight is 312 g/mol. The van der Waals surface area contributed by atoms with E-state index in [1.54, 1.807) is 26.8 Å². The molecule has 0 bridgehead atoms. The third kappa shape index (κ3) is 2.84. The number of nitrogens with zero attached hydrogens (tertiary/aromatic N) is 2. The maximum atomic E-state index is 13.2. The third-order valence-corrected chi connectivity index (χ3v) is 3.49. The fraction of sp³-hybridized carbons (Fsp3) is 0.600. The van der Waals surface area contributed by atoms with E-state index in [0.717, 1.165) is 0 Å². The first-order chi connectivity index (χ1) is 10.2. The van der Waals surface area contributed by atoms with Crippen LogP contribution < -0.4 is 9.64 Å². The highest BCUT2D eigenvalue weighted by molar-refractivity contribution is 5.89. The number of rotatable bonds is 1. The Balaban J connectivity index is 1.88. The van der Waals surface area contributed by atoms with E-state index < -0.39 is 23.5 Å². The lowest BCUT2D eigenvalue weighted by Gasteiger charge is -2.30. The van der Waals surface area contributed by atoms with Gasteiger partial charge < -0.3 is 9.47 Å². The number of amides is 1. The maximum Gasteiger partial charge on any atom is 0.416 e. The summed E-state index contributed by atoms with van der Waals surface area (Å²) in [5.41, 5.74) is -0.362. The molecule has 22 heavy (non-hydrogen) atoms. The van der Waals surface area contributed by atoms with Gasteiger partial charge in [-0.25, -0.2) is 18.6 Å². The van der Waals surface area contributed by atoms with E-state index in [9.17, 15) is 13.6 Å². The Morgan fingerprint density at radius 2 is 2.14 bits per heavy atom. The molecular formula is C15H18F2N2O3. The standard InChI is InChI=1S/C15H18F2N2O3/c1-14(2,3)22-13(20)19-6-7-21-11-5-4-10(18-12(11)19)9-8-15(9,16)17/h4-5,9H,6-8H2,1-3H3. The molecule has 1 aromatic heterocycles. The molecule has 1 aliphatic heterocycles. The highest BCUT2D eigenvalue weighted by Crippen LogP contribution is 2.55. The zero-order valence-electron chi connectivity index (χ0n) is 12.7. The molecule has 1 saturated carbocycles. The van der Waals surface area contributed by atoms with Crippen LogP contribution in [0.25, 0.3) is 0 Å². The number of fused-ring (bicyclic) bond motifs is 1. The quantitative estimate of drug-likeness (QED) is 0.798. The summed E-state index contributed by atoms with van der Waals surface area (Å²) in [6.07, 6.45) is -0.754. The first-order valence-corrected chi connectivity index (χ1v) is 7.19. The smallest absolute Gasteiger partial charge is 0.416 e. The summed E-state index contributed by atoms with van der Waals surface area (Å²) in [7, 11) is 0. The summed E-state index contributed by atoms with van der Waals surface area (Å²) in [6.45, 7) is 5.88. The van der Waals surface area contributed by atoms with E-state index in [2.05, 4.69) is 4.98 Å². The monoisotopic (exact) mass is 312 g/mol. The molecule has 1 fully saturated rings. The van der Waals surface area contributed by atoms with Gasteiger partial charge in [-0.05, 0) is 32.9 Å². The maximum absolute atomic E-state index is 13.2. The Kier molecular flexibility index (Phi) is 3.27. The lowest BCUT2D eigenvalue weighted by atomic mass is 10.2. The van der Waals surface area contributed by atoms with Gasteiger partial charge in [-0.15, -0.1) is 0 Å². The first-order valence-electron chi connectivity index (χ1n) is 7.19. The zero-order chi connectivity index (χ0) is 16.1. The van der Waals surface area contributed by atoms with E-state index in [1.165, 1.54) is 11.0 Å². The Morgan fingerprint density at radius 3 is 2.73 bits per heavy atom. The van der Waals surface area contributed by atoms with Gasteiger partial charge in [0.2, 0.25) is 0 Å². The molecule has 0 aromatic carbocycles. The van der Waals surface area contributed by atoms with Crippen molar-refractivity contribution in [2.45, 2.75) is 44.6 Å². The molecule has 0 radical (unpaired) electrons. The molecule has 0 spiro atoms. The lowest BCUT2D eigenvalue weighted by Crippen LogP contribution is -2.42. The van der Waals surface area contributed by atoms with E-state index >= 15 is 0 Å². The predicted molar refractivity (Wildman–Crippen MR) is 75.6 cm³/mol. The number of carbonyl (C=O) groups is 1. The summed E-state index contributed by atoms with van der Waals surface area (Å²) in [4.78, 5) is 17.8. The lowest BCUT2D eigenvalue weighted by molar-refractivity contribution is 0.0566. The first kappa shape index (κ1) is 15.0. The molecule has 0 saturated heterocycles. The second-order valence-corrected chi connectivity index (χ2v) is 6.56. The highest BCUT2D eigenvalue weighted by Gasteiger charge is 2.58. The second-order valence-electron chi connectivity index (χ2n) is 6.56. The molecule has 3 rings (SSSR count). The van der Waals surface area contributed by atoms with Crippen molar-refractivity contribution in [3.05, 3.63) is 17.8 Å². The molecule has 1 unspecified atom stereocenters. The van der Waals surface area contributed by atoms with Gasteiger partial charge in [-0.3, -0.25) is 4.90 Å². The fourth-order valence-electron chi connectivity index (χ4n) is 2.33. The molecule has 2 aliphatic rings. The number of hydrogen-bond acceptors (Lipinski definition) is 4. The van der Waals surface area contributed by atoms with E-state index in [4.69, 9.17) is 9.47 Å². The normalized spacial score (nSPS) is 22.6. The van der Waals surface area contributed by atoms with E-state index in [0.29, 0.717) is 12.4 Å². The van der Waals surface area contributed by atoms with Crippen LogP contribution in [0.1, 0.15) is 38.8 Å². The summed E-state index contributed by atoms with van der Waals surface area (Å²) in [5, 5.41) is 0. The van der Waals surface area contributed by atoms with Crippen molar-refractivity contribution in [2.24, 2.45) is 0 Å². The minimum Gasteiger partial charge on any atom is -0.488 e. The van der Waals surface area contributed by atoms with Crippen LogP contribution in [-0.2, 0) is 4.74 Å². The minimum atomic E-state index is -2.70. The van der Waals surface area contributed by atoms with Crippen molar-refractivity contribution < 1.29 is 23.0 Å². The molecule has 1 amide bonds. The summed E-state index contributed by atoms with van der Waals surface area (Å²) in [5.74, 6) is -2.92. The number of aromatic nitrogens is 1. The number of halogens is 2. The predicted octanol–water partition coefficient (Wildman–Crippen LogP) is 3.34. The number of carbonyl (C=O) groups excluding carboxylic acids is 1. The zero-order valence-corrected chi connectivity index (χ0v) is 12.7. The van der Waals surface area contributed by atoms with Crippen LogP contribution in [0.3, 0.4) is 0 Å². The Labute approximate surface area is 127 Å². The van der Waals surface area contributed by atoms with Crippen molar-refractivity contribution in [1.82, 2.24) is 4.98 Å². The van der Waals surface area contributed by atoms with Gasteiger partial charge in [0, 0.05) is 6.42 Å². The second kappa shape index (κ2) is 4.79. The molecule has 7 heteroatoms. The number of ether oxygens (including phenoxy) is 2. The van der Waals surface area contributed by atoms with Crippen LogP contribution in [0.2, 0.25) is 0 Å². The van der Waals surface area contributed by atoms with E-state index in [-0.39, 0.29) is 24.5 Å². The molecule has 1 aliphatic carbocycles. The largest absolute Gasteiger partial charge is 0.488 e. The van der Waals surface area contributed by atoms with Crippen molar-refractivity contribution in [1.29, 1.82) is 0 Å².